The van der Waals surface area contributed by atoms with E-state index in [-0.39, 0.29) is 11.3 Å². The Hall–Kier alpha value is -1.88. The van der Waals surface area contributed by atoms with E-state index in [1.54, 1.807) is 0 Å². The number of nitrogens with one attached hydrogen (secondary N) is 1. The lowest BCUT2D eigenvalue weighted by Crippen LogP contribution is -2.04. The summed E-state index contributed by atoms with van der Waals surface area (Å²) in [5.74, 6) is 1.15. The average molecular weight is 291 g/mol. The van der Waals surface area contributed by atoms with Crippen LogP contribution in [0.3, 0.4) is 0 Å². The molecule has 2 aromatic rings. The Morgan fingerprint density at radius 2 is 2.05 bits per heavy atom. The van der Waals surface area contributed by atoms with E-state index >= 15 is 0 Å². The quantitative estimate of drug-likeness (QED) is 0.937. The Bertz CT molecular complexity index is 633. The minimum absolute atomic E-state index is 0.118. The second kappa shape index (κ2) is 5.63. The molecular formula is C14H15ClN4O. The average Bonchev–Trinajstić information content (AvgIpc) is 2.85. The third-order valence-electron chi connectivity index (χ3n) is 3.20. The number of anilines is 1. The molecule has 3 rings (SSSR count). The fourth-order valence-electron chi connectivity index (χ4n) is 2.33. The van der Waals surface area contributed by atoms with Crippen molar-refractivity contribution in [1.29, 1.82) is 0 Å². The zero-order valence-electron chi connectivity index (χ0n) is 11.2. The third-order valence-corrected chi connectivity index (χ3v) is 3.37. The molecule has 6 heteroatoms. The number of aromatic nitrogens is 3. The normalized spacial score (nSPS) is 13.1. The standard InChI is InChI=1S/C14H15ClN4O/c1-2-16-13-17-12(15)18-14(19-13)20-11-7-6-9-4-3-5-10(9)8-11/h6-8H,2-5H2,1H3,(H,16,17,18,19). The lowest BCUT2D eigenvalue weighted by atomic mass is 10.1. The molecule has 20 heavy (non-hydrogen) atoms. The fourth-order valence-corrected chi connectivity index (χ4v) is 2.48. The van der Waals surface area contributed by atoms with Gasteiger partial charge in [-0.3, -0.25) is 0 Å². The Balaban J connectivity index is 1.83. The van der Waals surface area contributed by atoms with Gasteiger partial charge in [-0.1, -0.05) is 6.07 Å². The number of aryl methyl sites for hydroxylation is 2. The number of hydrogen-bond acceptors (Lipinski definition) is 5. The first-order chi connectivity index (χ1) is 9.74. The smallest absolute Gasteiger partial charge is 0.328 e. The maximum atomic E-state index is 5.86. The first kappa shape index (κ1) is 13.1. The maximum absolute atomic E-state index is 5.86. The minimum Gasteiger partial charge on any atom is -0.424 e. The zero-order valence-corrected chi connectivity index (χ0v) is 11.9. The van der Waals surface area contributed by atoms with E-state index in [1.807, 2.05) is 19.1 Å². The molecule has 1 aromatic carbocycles. The fraction of sp³-hybridized carbons (Fsp3) is 0.357. The van der Waals surface area contributed by atoms with Crippen molar-refractivity contribution < 1.29 is 4.74 Å². The summed E-state index contributed by atoms with van der Waals surface area (Å²) < 4.78 is 5.68. The topological polar surface area (TPSA) is 59.9 Å². The monoisotopic (exact) mass is 290 g/mol. The van der Waals surface area contributed by atoms with Gasteiger partial charge in [0.2, 0.25) is 11.2 Å². The van der Waals surface area contributed by atoms with Crippen molar-refractivity contribution in [3.8, 4) is 11.8 Å². The molecule has 0 amide bonds. The van der Waals surface area contributed by atoms with Crippen LogP contribution >= 0.6 is 11.6 Å². The molecule has 1 heterocycles. The molecule has 0 unspecified atom stereocenters. The minimum atomic E-state index is 0.118. The van der Waals surface area contributed by atoms with Gasteiger partial charge >= 0.3 is 6.01 Å². The second-order valence-corrected chi connectivity index (χ2v) is 4.97. The molecule has 0 bridgehead atoms. The van der Waals surface area contributed by atoms with Crippen LogP contribution in [0.15, 0.2) is 18.2 Å². The van der Waals surface area contributed by atoms with Gasteiger partial charge in [0.1, 0.15) is 5.75 Å². The summed E-state index contributed by atoms with van der Waals surface area (Å²) in [6.45, 7) is 2.66. The number of fused-ring (bicyclic) bond motifs is 1. The molecule has 0 saturated carbocycles. The van der Waals surface area contributed by atoms with Gasteiger partial charge in [0.05, 0.1) is 0 Å². The molecule has 0 atom stereocenters. The largest absolute Gasteiger partial charge is 0.424 e. The van der Waals surface area contributed by atoms with Crippen molar-refractivity contribution in [1.82, 2.24) is 15.0 Å². The number of ether oxygens (including phenoxy) is 1. The molecule has 0 fully saturated rings. The molecule has 104 valence electrons. The molecule has 0 spiro atoms. The van der Waals surface area contributed by atoms with Crippen LogP contribution in [0.5, 0.6) is 11.8 Å². The lowest BCUT2D eigenvalue weighted by molar-refractivity contribution is 0.440. The van der Waals surface area contributed by atoms with Crippen LogP contribution in [0.2, 0.25) is 5.28 Å². The van der Waals surface area contributed by atoms with Crippen molar-refractivity contribution in [2.24, 2.45) is 0 Å². The molecule has 1 aliphatic carbocycles. The van der Waals surface area contributed by atoms with Gasteiger partial charge in [-0.05, 0) is 61.0 Å². The van der Waals surface area contributed by atoms with Crippen LogP contribution in [-0.2, 0) is 12.8 Å². The number of nitrogens with zero attached hydrogens (tertiary/aromatic N) is 3. The van der Waals surface area contributed by atoms with Gasteiger partial charge in [0.15, 0.2) is 0 Å². The van der Waals surface area contributed by atoms with Gasteiger partial charge in [-0.2, -0.15) is 15.0 Å². The Labute approximate surface area is 122 Å². The Kier molecular flexibility index (Phi) is 3.69. The second-order valence-electron chi connectivity index (χ2n) is 4.63. The summed E-state index contributed by atoms with van der Waals surface area (Å²) in [6, 6.07) is 6.30. The highest BCUT2D eigenvalue weighted by Gasteiger charge is 2.13. The highest BCUT2D eigenvalue weighted by molar-refractivity contribution is 6.28. The van der Waals surface area contributed by atoms with E-state index in [0.717, 1.165) is 18.6 Å². The van der Waals surface area contributed by atoms with Crippen LogP contribution in [0, 0.1) is 0 Å². The van der Waals surface area contributed by atoms with Gasteiger partial charge in [0.25, 0.3) is 0 Å². The van der Waals surface area contributed by atoms with E-state index in [9.17, 15) is 0 Å². The number of halogens is 1. The predicted octanol–water partition coefficient (Wildman–Crippen LogP) is 3.24. The van der Waals surface area contributed by atoms with Crippen LogP contribution in [0.4, 0.5) is 5.95 Å². The van der Waals surface area contributed by atoms with Crippen molar-refractivity contribution in [3.63, 3.8) is 0 Å². The first-order valence-corrected chi connectivity index (χ1v) is 7.07. The van der Waals surface area contributed by atoms with Gasteiger partial charge in [-0.25, -0.2) is 0 Å². The molecular weight excluding hydrogens is 276 g/mol. The summed E-state index contributed by atoms with van der Waals surface area (Å²) in [5, 5.41) is 3.11. The first-order valence-electron chi connectivity index (χ1n) is 6.69. The molecule has 0 radical (unpaired) electrons. The molecule has 0 saturated heterocycles. The zero-order chi connectivity index (χ0) is 13.9. The van der Waals surface area contributed by atoms with E-state index in [4.69, 9.17) is 16.3 Å². The Morgan fingerprint density at radius 1 is 1.20 bits per heavy atom. The third kappa shape index (κ3) is 2.82. The van der Waals surface area contributed by atoms with E-state index in [1.165, 1.54) is 17.5 Å². The summed E-state index contributed by atoms with van der Waals surface area (Å²) in [6.07, 6.45) is 3.46. The number of hydrogen-bond donors (Lipinski definition) is 1. The highest BCUT2D eigenvalue weighted by atomic mass is 35.5. The van der Waals surface area contributed by atoms with Crippen molar-refractivity contribution in [2.45, 2.75) is 26.2 Å². The van der Waals surface area contributed by atoms with Crippen LogP contribution in [-0.4, -0.2) is 21.5 Å². The molecule has 1 aromatic heterocycles. The van der Waals surface area contributed by atoms with Crippen LogP contribution in [0.25, 0.3) is 0 Å². The summed E-state index contributed by atoms with van der Waals surface area (Å²) >= 11 is 5.86. The van der Waals surface area contributed by atoms with E-state index in [0.29, 0.717) is 12.5 Å². The van der Waals surface area contributed by atoms with E-state index < -0.39 is 0 Å². The van der Waals surface area contributed by atoms with Gasteiger partial charge in [0, 0.05) is 6.54 Å². The summed E-state index contributed by atoms with van der Waals surface area (Å²) in [4.78, 5) is 12.1. The maximum Gasteiger partial charge on any atom is 0.328 e. The van der Waals surface area contributed by atoms with E-state index in [2.05, 4.69) is 26.3 Å². The Morgan fingerprint density at radius 3 is 2.90 bits per heavy atom. The number of benzene rings is 1. The van der Waals surface area contributed by atoms with Crippen LogP contribution < -0.4 is 10.1 Å². The summed E-state index contributed by atoms with van der Waals surface area (Å²) in [5.41, 5.74) is 2.74. The van der Waals surface area contributed by atoms with Gasteiger partial charge < -0.3 is 10.1 Å². The molecule has 1 aliphatic rings. The SMILES string of the molecule is CCNc1nc(Cl)nc(Oc2ccc3c(c2)CCC3)n1. The highest BCUT2D eigenvalue weighted by Crippen LogP contribution is 2.28. The summed E-state index contributed by atoms with van der Waals surface area (Å²) in [7, 11) is 0. The van der Waals surface area contributed by atoms with Gasteiger partial charge in [-0.15, -0.1) is 0 Å². The van der Waals surface area contributed by atoms with Crippen molar-refractivity contribution >= 4 is 17.5 Å². The van der Waals surface area contributed by atoms with Crippen molar-refractivity contribution in [2.75, 3.05) is 11.9 Å². The van der Waals surface area contributed by atoms with Crippen molar-refractivity contribution in [3.05, 3.63) is 34.6 Å². The molecule has 0 aliphatic heterocycles. The molecule has 1 N–H and O–H groups in total. The predicted molar refractivity (Wildman–Crippen MR) is 77.5 cm³/mol. The lowest BCUT2D eigenvalue weighted by Gasteiger charge is -2.07. The number of rotatable bonds is 4. The van der Waals surface area contributed by atoms with Crippen LogP contribution in [0.1, 0.15) is 24.5 Å². The molecule has 5 nitrogen and oxygen atoms in total.